The molecular formula is C14H16F2N2O2. The largest absolute Gasteiger partial charge is 0.434 e. The molecule has 108 valence electrons. The lowest BCUT2D eigenvalue weighted by Gasteiger charge is -2.17. The first-order valence-electron chi connectivity index (χ1n) is 6.25. The van der Waals surface area contributed by atoms with E-state index in [-0.39, 0.29) is 11.8 Å². The highest BCUT2D eigenvalue weighted by molar-refractivity contribution is 5.35. The number of para-hydroxylation sites is 1. The summed E-state index contributed by atoms with van der Waals surface area (Å²) in [4.78, 5) is 0. The lowest BCUT2D eigenvalue weighted by molar-refractivity contribution is -0.0506. The van der Waals surface area contributed by atoms with E-state index in [0.29, 0.717) is 17.9 Å². The molecule has 1 aromatic heterocycles. The van der Waals surface area contributed by atoms with Crippen molar-refractivity contribution >= 4 is 0 Å². The second kappa shape index (κ2) is 6.47. The number of halogens is 2. The van der Waals surface area contributed by atoms with Gasteiger partial charge in [0.1, 0.15) is 5.75 Å². The maximum Gasteiger partial charge on any atom is 0.387 e. The first-order valence-corrected chi connectivity index (χ1v) is 6.25. The molecule has 4 nitrogen and oxygen atoms in total. The monoisotopic (exact) mass is 282 g/mol. The fraction of sp³-hybridized carbons (Fsp3) is 0.357. The highest BCUT2D eigenvalue weighted by atomic mass is 19.3. The van der Waals surface area contributed by atoms with Crippen LogP contribution >= 0.6 is 0 Å². The van der Waals surface area contributed by atoms with Gasteiger partial charge in [-0.1, -0.05) is 23.4 Å². The molecule has 1 atom stereocenters. The van der Waals surface area contributed by atoms with Crippen LogP contribution in [0, 0.1) is 6.92 Å². The molecule has 0 saturated heterocycles. The van der Waals surface area contributed by atoms with E-state index in [1.807, 2.05) is 19.9 Å². The molecule has 0 bridgehead atoms. The van der Waals surface area contributed by atoms with Gasteiger partial charge >= 0.3 is 6.61 Å². The zero-order valence-corrected chi connectivity index (χ0v) is 11.3. The Morgan fingerprint density at radius 1 is 1.35 bits per heavy atom. The molecule has 0 fully saturated rings. The number of nitrogens with zero attached hydrogens (tertiary/aromatic N) is 1. The minimum absolute atomic E-state index is 0.157. The molecular weight excluding hydrogens is 266 g/mol. The van der Waals surface area contributed by atoms with Crippen LogP contribution in [0.15, 0.2) is 34.9 Å². The summed E-state index contributed by atoms with van der Waals surface area (Å²) in [5, 5.41) is 6.97. The molecule has 0 radical (unpaired) electrons. The SMILES string of the molecule is Cc1cc(CNC(C)c2ccccc2OC(F)F)on1. The summed E-state index contributed by atoms with van der Waals surface area (Å²) in [5.41, 5.74) is 1.47. The average molecular weight is 282 g/mol. The standard InChI is InChI=1S/C14H16F2N2O2/c1-9-7-11(20-18-9)8-17-10(2)12-5-3-4-6-13(12)19-14(15)16/h3-7,10,14,17H,8H2,1-2H3. The topological polar surface area (TPSA) is 47.3 Å². The van der Waals surface area contributed by atoms with Gasteiger partial charge in [0.15, 0.2) is 5.76 Å². The van der Waals surface area contributed by atoms with E-state index in [1.54, 1.807) is 18.2 Å². The van der Waals surface area contributed by atoms with Crippen LogP contribution in [0.3, 0.4) is 0 Å². The van der Waals surface area contributed by atoms with Crippen LogP contribution in [0.2, 0.25) is 0 Å². The van der Waals surface area contributed by atoms with Crippen LogP contribution in [0.1, 0.15) is 30.0 Å². The van der Waals surface area contributed by atoms with E-state index in [9.17, 15) is 8.78 Å². The molecule has 1 N–H and O–H groups in total. The molecule has 6 heteroatoms. The minimum atomic E-state index is -2.83. The van der Waals surface area contributed by atoms with Gasteiger partial charge in [-0.2, -0.15) is 8.78 Å². The number of hydrogen-bond acceptors (Lipinski definition) is 4. The molecule has 1 heterocycles. The Balaban J connectivity index is 2.03. The van der Waals surface area contributed by atoms with Crippen molar-refractivity contribution in [3.63, 3.8) is 0 Å². The van der Waals surface area contributed by atoms with Crippen molar-refractivity contribution in [2.45, 2.75) is 33.0 Å². The Morgan fingerprint density at radius 2 is 2.10 bits per heavy atom. The molecule has 0 amide bonds. The molecule has 2 aromatic rings. The third kappa shape index (κ3) is 3.77. The smallest absolute Gasteiger partial charge is 0.387 e. The molecule has 1 aromatic carbocycles. The number of nitrogens with one attached hydrogen (secondary N) is 1. The lowest BCUT2D eigenvalue weighted by Crippen LogP contribution is -2.19. The predicted octanol–water partition coefficient (Wildman–Crippen LogP) is 3.44. The summed E-state index contributed by atoms with van der Waals surface area (Å²) in [7, 11) is 0. The Labute approximate surface area is 115 Å². The lowest BCUT2D eigenvalue weighted by atomic mass is 10.1. The zero-order chi connectivity index (χ0) is 14.5. The van der Waals surface area contributed by atoms with Gasteiger partial charge in [0.25, 0.3) is 0 Å². The second-order valence-corrected chi connectivity index (χ2v) is 4.45. The molecule has 0 aliphatic carbocycles. The van der Waals surface area contributed by atoms with Gasteiger partial charge in [0.2, 0.25) is 0 Å². The van der Waals surface area contributed by atoms with E-state index >= 15 is 0 Å². The van der Waals surface area contributed by atoms with Crippen molar-refractivity contribution in [2.75, 3.05) is 0 Å². The van der Waals surface area contributed by atoms with Crippen LogP contribution in [0.4, 0.5) is 8.78 Å². The van der Waals surface area contributed by atoms with E-state index in [0.717, 1.165) is 5.69 Å². The highest BCUT2D eigenvalue weighted by Gasteiger charge is 2.14. The number of benzene rings is 1. The molecule has 0 spiro atoms. The first kappa shape index (κ1) is 14.5. The number of aromatic nitrogens is 1. The average Bonchev–Trinajstić information content (AvgIpc) is 2.82. The van der Waals surface area contributed by atoms with Gasteiger partial charge in [0, 0.05) is 17.7 Å². The number of hydrogen-bond donors (Lipinski definition) is 1. The summed E-state index contributed by atoms with van der Waals surface area (Å²) < 4.78 is 34.3. The molecule has 0 aliphatic rings. The van der Waals surface area contributed by atoms with Gasteiger partial charge in [-0.25, -0.2) is 0 Å². The quantitative estimate of drug-likeness (QED) is 0.881. The molecule has 20 heavy (non-hydrogen) atoms. The normalized spacial score (nSPS) is 12.7. The third-order valence-corrected chi connectivity index (χ3v) is 2.86. The molecule has 0 saturated carbocycles. The Kier molecular flexibility index (Phi) is 4.68. The van der Waals surface area contributed by atoms with Gasteiger partial charge in [-0.15, -0.1) is 0 Å². The van der Waals surface area contributed by atoms with Crippen molar-refractivity contribution in [1.29, 1.82) is 0 Å². The summed E-state index contributed by atoms with van der Waals surface area (Å²) in [6.45, 7) is 1.34. The van der Waals surface area contributed by atoms with Crippen LogP contribution in [-0.4, -0.2) is 11.8 Å². The Hall–Kier alpha value is -1.95. The maximum atomic E-state index is 12.4. The highest BCUT2D eigenvalue weighted by Crippen LogP contribution is 2.26. The van der Waals surface area contributed by atoms with Gasteiger partial charge < -0.3 is 14.6 Å². The fourth-order valence-corrected chi connectivity index (χ4v) is 1.90. The van der Waals surface area contributed by atoms with Crippen LogP contribution in [0.25, 0.3) is 0 Å². The van der Waals surface area contributed by atoms with Crippen molar-refractivity contribution in [3.05, 3.63) is 47.3 Å². The number of ether oxygens (including phenoxy) is 1. The van der Waals surface area contributed by atoms with Crippen LogP contribution in [-0.2, 0) is 6.54 Å². The predicted molar refractivity (Wildman–Crippen MR) is 69.6 cm³/mol. The number of aryl methyl sites for hydroxylation is 1. The summed E-state index contributed by atoms with van der Waals surface area (Å²) in [6, 6.07) is 8.38. The van der Waals surface area contributed by atoms with Gasteiger partial charge in [-0.3, -0.25) is 0 Å². The van der Waals surface area contributed by atoms with Crippen molar-refractivity contribution in [3.8, 4) is 5.75 Å². The van der Waals surface area contributed by atoms with E-state index in [1.165, 1.54) is 6.07 Å². The minimum Gasteiger partial charge on any atom is -0.434 e. The molecule has 2 rings (SSSR count). The zero-order valence-electron chi connectivity index (χ0n) is 11.3. The maximum absolute atomic E-state index is 12.4. The summed E-state index contributed by atoms with van der Waals surface area (Å²) >= 11 is 0. The fourth-order valence-electron chi connectivity index (χ4n) is 1.90. The van der Waals surface area contributed by atoms with Gasteiger partial charge in [0.05, 0.1) is 12.2 Å². The van der Waals surface area contributed by atoms with Crippen molar-refractivity contribution < 1.29 is 18.0 Å². The molecule has 1 unspecified atom stereocenters. The van der Waals surface area contributed by atoms with Crippen LogP contribution in [0.5, 0.6) is 5.75 Å². The van der Waals surface area contributed by atoms with E-state index in [2.05, 4.69) is 15.2 Å². The summed E-state index contributed by atoms with van der Waals surface area (Å²) in [5.74, 6) is 0.873. The Morgan fingerprint density at radius 3 is 2.75 bits per heavy atom. The number of rotatable bonds is 6. The molecule has 0 aliphatic heterocycles. The second-order valence-electron chi connectivity index (χ2n) is 4.45. The first-order chi connectivity index (χ1) is 9.56. The Bertz CT molecular complexity index is 558. The summed E-state index contributed by atoms with van der Waals surface area (Å²) in [6.07, 6.45) is 0. The van der Waals surface area contributed by atoms with Gasteiger partial charge in [-0.05, 0) is 19.9 Å². The van der Waals surface area contributed by atoms with E-state index in [4.69, 9.17) is 4.52 Å². The van der Waals surface area contributed by atoms with Crippen LogP contribution < -0.4 is 10.1 Å². The van der Waals surface area contributed by atoms with Crippen molar-refractivity contribution in [2.24, 2.45) is 0 Å². The number of alkyl halides is 2. The van der Waals surface area contributed by atoms with E-state index < -0.39 is 6.61 Å². The third-order valence-electron chi connectivity index (χ3n) is 2.86. The van der Waals surface area contributed by atoms with Crippen molar-refractivity contribution in [1.82, 2.24) is 10.5 Å².